The van der Waals surface area contributed by atoms with E-state index in [4.69, 9.17) is 18.9 Å². The molecule has 0 unspecified atom stereocenters. The van der Waals surface area contributed by atoms with Gasteiger partial charge in [0.15, 0.2) is 12.6 Å². The molecule has 0 aromatic rings. The fourth-order valence-corrected chi connectivity index (χ4v) is 5.45. The summed E-state index contributed by atoms with van der Waals surface area (Å²) in [5.41, 5.74) is 0. The van der Waals surface area contributed by atoms with Crippen molar-refractivity contribution in [1.82, 2.24) is 5.32 Å². The lowest BCUT2D eigenvalue weighted by Gasteiger charge is -2.45. The van der Waals surface area contributed by atoms with Gasteiger partial charge in [-0.25, -0.2) is 0 Å². The molecule has 0 bridgehead atoms. The fraction of sp³-hybridized carbons (Fsp3) is 0.967. The van der Waals surface area contributed by atoms with Crippen LogP contribution in [0.2, 0.25) is 0 Å². The standard InChI is InChI=1S/C30H57NO12/c1-2-3-4-5-6-7-8-9-10-11-12-13-14-15-22(34)31-16-17-40-29-27(39)25(37)28(21(19-33)42-29)43-30-26(38)24(36)23(35)20(18-32)41-30/h20-21,23-30,32-33,35-39H,2-19H2,1H3,(H,31,34)/t20-,21-,23-,24+,25-,26-,27-,28-,29-,30-/m1/s1. The molecule has 43 heavy (non-hydrogen) atoms. The van der Waals surface area contributed by atoms with E-state index in [1.807, 2.05) is 0 Å². The van der Waals surface area contributed by atoms with Crippen molar-refractivity contribution in [1.29, 1.82) is 0 Å². The van der Waals surface area contributed by atoms with E-state index in [0.717, 1.165) is 19.3 Å². The van der Waals surface area contributed by atoms with Crippen LogP contribution in [0.5, 0.6) is 0 Å². The van der Waals surface area contributed by atoms with Crippen LogP contribution in [0.1, 0.15) is 96.8 Å². The molecule has 13 heteroatoms. The summed E-state index contributed by atoms with van der Waals surface area (Å²) in [7, 11) is 0. The molecule has 2 aliphatic heterocycles. The van der Waals surface area contributed by atoms with Gasteiger partial charge in [0, 0.05) is 13.0 Å². The molecule has 2 rings (SSSR count). The van der Waals surface area contributed by atoms with Crippen molar-refractivity contribution in [2.45, 2.75) is 158 Å². The van der Waals surface area contributed by atoms with Gasteiger partial charge in [-0.15, -0.1) is 0 Å². The highest BCUT2D eigenvalue weighted by molar-refractivity contribution is 5.75. The first kappa shape index (κ1) is 38.2. The normalized spacial score (nSPS) is 33.0. The third kappa shape index (κ3) is 13.1. The number of carbonyl (C=O) groups is 1. The van der Waals surface area contributed by atoms with Crippen LogP contribution in [0, 0.1) is 0 Å². The second kappa shape index (κ2) is 21.7. The maximum atomic E-state index is 12.1. The number of amides is 1. The first-order valence-corrected chi connectivity index (χ1v) is 16.2. The van der Waals surface area contributed by atoms with Crippen LogP contribution >= 0.6 is 0 Å². The van der Waals surface area contributed by atoms with Crippen LogP contribution in [-0.4, -0.2) is 129 Å². The van der Waals surface area contributed by atoms with Crippen molar-refractivity contribution < 1.29 is 59.5 Å². The number of unbranched alkanes of at least 4 members (excludes halogenated alkanes) is 12. The van der Waals surface area contributed by atoms with Crippen molar-refractivity contribution in [3.8, 4) is 0 Å². The van der Waals surface area contributed by atoms with Gasteiger partial charge in [-0.2, -0.15) is 0 Å². The highest BCUT2D eigenvalue weighted by Crippen LogP contribution is 2.29. The molecule has 2 fully saturated rings. The maximum absolute atomic E-state index is 12.1. The molecule has 10 atom stereocenters. The first-order chi connectivity index (χ1) is 20.7. The highest BCUT2D eigenvalue weighted by Gasteiger charge is 2.50. The monoisotopic (exact) mass is 623 g/mol. The number of hydrogen-bond acceptors (Lipinski definition) is 12. The van der Waals surface area contributed by atoms with E-state index in [0.29, 0.717) is 6.42 Å². The van der Waals surface area contributed by atoms with E-state index in [2.05, 4.69) is 12.2 Å². The van der Waals surface area contributed by atoms with Crippen molar-refractivity contribution in [3.63, 3.8) is 0 Å². The van der Waals surface area contributed by atoms with Crippen molar-refractivity contribution >= 4 is 5.91 Å². The third-order valence-corrected chi connectivity index (χ3v) is 8.17. The summed E-state index contributed by atoms with van der Waals surface area (Å²) in [6.45, 7) is 1.05. The summed E-state index contributed by atoms with van der Waals surface area (Å²) in [6, 6.07) is 0. The summed E-state index contributed by atoms with van der Waals surface area (Å²) in [5.74, 6) is -0.0990. The molecule has 0 radical (unpaired) electrons. The van der Waals surface area contributed by atoms with Gasteiger partial charge in [-0.1, -0.05) is 84.0 Å². The maximum Gasteiger partial charge on any atom is 0.220 e. The quantitative estimate of drug-likeness (QED) is 0.0763. The van der Waals surface area contributed by atoms with Crippen LogP contribution in [0.4, 0.5) is 0 Å². The largest absolute Gasteiger partial charge is 0.394 e. The van der Waals surface area contributed by atoms with Crippen LogP contribution in [0.15, 0.2) is 0 Å². The predicted octanol–water partition coefficient (Wildman–Crippen LogP) is 0.225. The fourth-order valence-electron chi connectivity index (χ4n) is 5.45. The van der Waals surface area contributed by atoms with Crippen molar-refractivity contribution in [2.24, 2.45) is 0 Å². The van der Waals surface area contributed by atoms with E-state index < -0.39 is 74.6 Å². The number of nitrogens with one attached hydrogen (secondary N) is 1. The number of carbonyl (C=O) groups excluding carboxylic acids is 1. The summed E-state index contributed by atoms with van der Waals surface area (Å²) < 4.78 is 21.9. The van der Waals surface area contributed by atoms with Crippen LogP contribution < -0.4 is 5.32 Å². The third-order valence-electron chi connectivity index (χ3n) is 8.17. The molecule has 1 amide bonds. The molecule has 8 N–H and O–H groups in total. The number of rotatable bonds is 22. The van der Waals surface area contributed by atoms with Crippen LogP contribution in [0.25, 0.3) is 0 Å². The van der Waals surface area contributed by atoms with Gasteiger partial charge in [-0.05, 0) is 6.42 Å². The Labute approximate surface area is 255 Å². The van der Waals surface area contributed by atoms with Gasteiger partial charge in [0.1, 0.15) is 48.8 Å². The van der Waals surface area contributed by atoms with E-state index in [9.17, 15) is 40.5 Å². The lowest BCUT2D eigenvalue weighted by atomic mass is 9.97. The minimum absolute atomic E-state index is 0.0187. The Morgan fingerprint density at radius 3 is 1.72 bits per heavy atom. The molecule has 0 saturated carbocycles. The summed E-state index contributed by atoms with van der Waals surface area (Å²) in [5, 5.41) is 73.2. The Balaban J connectivity index is 1.58. The van der Waals surface area contributed by atoms with Gasteiger partial charge in [0.2, 0.25) is 5.91 Å². The average molecular weight is 624 g/mol. The second-order valence-corrected chi connectivity index (χ2v) is 11.7. The topological polar surface area (TPSA) is 208 Å². The average Bonchev–Trinajstić information content (AvgIpc) is 3.00. The number of ether oxygens (including phenoxy) is 4. The summed E-state index contributed by atoms with van der Waals surface area (Å²) >= 11 is 0. The Hall–Kier alpha value is -0.970. The zero-order chi connectivity index (χ0) is 31.6. The molecule has 0 aliphatic carbocycles. The van der Waals surface area contributed by atoms with Gasteiger partial charge in [-0.3, -0.25) is 4.79 Å². The minimum Gasteiger partial charge on any atom is -0.394 e. The first-order valence-electron chi connectivity index (χ1n) is 16.2. The van der Waals surface area contributed by atoms with Crippen molar-refractivity contribution in [3.05, 3.63) is 0 Å². The Kier molecular flexibility index (Phi) is 19.3. The Morgan fingerprint density at radius 2 is 1.16 bits per heavy atom. The smallest absolute Gasteiger partial charge is 0.220 e. The molecule has 2 aliphatic rings. The minimum atomic E-state index is -1.74. The number of aliphatic hydroxyl groups excluding tert-OH is 7. The Bertz CT molecular complexity index is 729. The molecule has 0 aromatic heterocycles. The van der Waals surface area contributed by atoms with E-state index in [-0.39, 0.29) is 19.1 Å². The molecule has 13 nitrogen and oxygen atoms in total. The van der Waals surface area contributed by atoms with Gasteiger partial charge < -0.3 is 60.0 Å². The van der Waals surface area contributed by atoms with Crippen LogP contribution in [0.3, 0.4) is 0 Å². The van der Waals surface area contributed by atoms with E-state index in [1.54, 1.807) is 0 Å². The van der Waals surface area contributed by atoms with Gasteiger partial charge in [0.25, 0.3) is 0 Å². The molecule has 0 aromatic carbocycles. The zero-order valence-corrected chi connectivity index (χ0v) is 25.7. The predicted molar refractivity (Wildman–Crippen MR) is 156 cm³/mol. The second-order valence-electron chi connectivity index (χ2n) is 11.7. The number of hydrogen-bond donors (Lipinski definition) is 8. The molecule has 254 valence electrons. The molecule has 0 spiro atoms. The lowest BCUT2D eigenvalue weighted by Crippen LogP contribution is -2.64. The molecular weight excluding hydrogens is 566 g/mol. The zero-order valence-electron chi connectivity index (χ0n) is 25.7. The summed E-state index contributed by atoms with van der Waals surface area (Å²) in [6.07, 6.45) is 1.39. The Morgan fingerprint density at radius 1 is 0.651 bits per heavy atom. The number of aliphatic hydroxyl groups is 7. The molecular formula is C30H57NO12. The summed E-state index contributed by atoms with van der Waals surface area (Å²) in [4.78, 5) is 12.1. The lowest BCUT2D eigenvalue weighted by molar-refractivity contribution is -0.359. The van der Waals surface area contributed by atoms with Crippen molar-refractivity contribution in [2.75, 3.05) is 26.4 Å². The van der Waals surface area contributed by atoms with Gasteiger partial charge >= 0.3 is 0 Å². The van der Waals surface area contributed by atoms with Crippen LogP contribution in [-0.2, 0) is 23.7 Å². The SMILES string of the molecule is CCCCCCCCCCCCCCCC(=O)NCCO[C@@H]1O[C@H](CO)[C@@H](O[C@H]2O[C@H](CO)[C@@H](O)[C@H](O)[C@H]2O)[C@H](O)[C@H]1O. The molecule has 2 saturated heterocycles. The molecule has 2 heterocycles. The van der Waals surface area contributed by atoms with E-state index in [1.165, 1.54) is 64.2 Å². The highest BCUT2D eigenvalue weighted by atomic mass is 16.7. The van der Waals surface area contributed by atoms with Gasteiger partial charge in [0.05, 0.1) is 19.8 Å². The van der Waals surface area contributed by atoms with E-state index >= 15 is 0 Å².